The molecule has 5 nitrogen and oxygen atoms in total. The van der Waals surface area contributed by atoms with Gasteiger partial charge in [-0.25, -0.2) is 4.79 Å². The van der Waals surface area contributed by atoms with E-state index in [2.05, 4.69) is 39.1 Å². The van der Waals surface area contributed by atoms with Gasteiger partial charge in [-0.15, -0.1) is 0 Å². The molecule has 21 heavy (non-hydrogen) atoms. The van der Waals surface area contributed by atoms with Crippen LogP contribution >= 0.6 is 0 Å². The van der Waals surface area contributed by atoms with Gasteiger partial charge in [-0.2, -0.15) is 0 Å². The van der Waals surface area contributed by atoms with E-state index in [0.29, 0.717) is 18.3 Å². The van der Waals surface area contributed by atoms with Gasteiger partial charge in [0.1, 0.15) is 0 Å². The van der Waals surface area contributed by atoms with Gasteiger partial charge in [-0.05, 0) is 31.4 Å². The average Bonchev–Trinajstić information content (AvgIpc) is 2.86. The summed E-state index contributed by atoms with van der Waals surface area (Å²) in [6.45, 7) is 1.63. The van der Waals surface area contributed by atoms with Gasteiger partial charge in [-0.3, -0.25) is 14.7 Å². The minimum atomic E-state index is -0.434. The number of hydrogen-bond acceptors (Lipinski definition) is 3. The molecule has 5 heteroatoms. The summed E-state index contributed by atoms with van der Waals surface area (Å²) in [6, 6.07) is 12.4. The lowest BCUT2D eigenvalue weighted by Gasteiger charge is -2.24. The van der Waals surface area contributed by atoms with Crippen molar-refractivity contribution in [1.29, 1.82) is 0 Å². The number of benzene rings is 1. The van der Waals surface area contributed by atoms with Crippen molar-refractivity contribution in [2.75, 3.05) is 6.54 Å². The first-order valence-electron chi connectivity index (χ1n) is 7.31. The van der Waals surface area contributed by atoms with Crippen LogP contribution in [0.5, 0.6) is 0 Å². The number of nitrogens with one attached hydrogen (secondary N) is 2. The van der Waals surface area contributed by atoms with E-state index in [0.717, 1.165) is 25.8 Å². The molecule has 0 unspecified atom stereocenters. The Labute approximate surface area is 122 Å². The summed E-state index contributed by atoms with van der Waals surface area (Å²) < 4.78 is 0. The minimum Gasteiger partial charge on any atom is -0.310 e. The third-order valence-electron chi connectivity index (χ3n) is 4.00. The minimum absolute atomic E-state index is 0.340. The number of aromatic nitrogens is 2. The zero-order valence-electron chi connectivity index (χ0n) is 11.8. The molecule has 1 aromatic carbocycles. The maximum absolute atomic E-state index is 11.4. The maximum atomic E-state index is 11.4. The lowest BCUT2D eigenvalue weighted by atomic mass is 10.0. The van der Waals surface area contributed by atoms with Gasteiger partial charge in [0.25, 0.3) is 5.56 Å². The van der Waals surface area contributed by atoms with Crippen LogP contribution in [0.4, 0.5) is 0 Å². The summed E-state index contributed by atoms with van der Waals surface area (Å²) in [5.74, 6) is 0. The van der Waals surface area contributed by atoms with Gasteiger partial charge >= 0.3 is 5.69 Å². The van der Waals surface area contributed by atoms with Crippen molar-refractivity contribution in [3.05, 3.63) is 68.5 Å². The van der Waals surface area contributed by atoms with Crippen LogP contribution in [0.3, 0.4) is 0 Å². The fourth-order valence-electron chi connectivity index (χ4n) is 3.04. The highest BCUT2D eigenvalue weighted by atomic mass is 16.2. The SMILES string of the molecule is O=c1cc(CN2CCC[C@H]2Cc2ccccc2)[nH]c(=O)[nH]1. The van der Waals surface area contributed by atoms with Crippen LogP contribution in [0.25, 0.3) is 0 Å². The molecule has 1 aromatic heterocycles. The second-order valence-corrected chi connectivity index (χ2v) is 5.57. The molecule has 0 saturated carbocycles. The van der Waals surface area contributed by atoms with Crippen LogP contribution in [0.2, 0.25) is 0 Å². The quantitative estimate of drug-likeness (QED) is 0.889. The highest BCUT2D eigenvalue weighted by Gasteiger charge is 2.24. The van der Waals surface area contributed by atoms with Gasteiger partial charge in [0.2, 0.25) is 0 Å². The second kappa shape index (κ2) is 6.10. The monoisotopic (exact) mass is 285 g/mol. The van der Waals surface area contributed by atoms with Crippen LogP contribution in [-0.4, -0.2) is 27.5 Å². The second-order valence-electron chi connectivity index (χ2n) is 5.57. The number of rotatable bonds is 4. The van der Waals surface area contributed by atoms with Crippen molar-refractivity contribution in [1.82, 2.24) is 14.9 Å². The zero-order valence-corrected chi connectivity index (χ0v) is 11.8. The lowest BCUT2D eigenvalue weighted by molar-refractivity contribution is 0.240. The van der Waals surface area contributed by atoms with Gasteiger partial charge < -0.3 is 4.98 Å². The zero-order chi connectivity index (χ0) is 14.7. The average molecular weight is 285 g/mol. The fraction of sp³-hybridized carbons (Fsp3) is 0.375. The van der Waals surface area contributed by atoms with Crippen LogP contribution < -0.4 is 11.2 Å². The first-order valence-corrected chi connectivity index (χ1v) is 7.31. The molecule has 2 heterocycles. The number of likely N-dealkylation sites (tertiary alicyclic amines) is 1. The molecular weight excluding hydrogens is 266 g/mol. The predicted octanol–water partition coefficient (Wildman–Crippen LogP) is 1.27. The van der Waals surface area contributed by atoms with Gasteiger partial charge in [0.05, 0.1) is 0 Å². The summed E-state index contributed by atoms with van der Waals surface area (Å²) in [5, 5.41) is 0. The van der Waals surface area contributed by atoms with Crippen LogP contribution in [0.1, 0.15) is 24.1 Å². The standard InChI is InChI=1S/C16H19N3O2/c20-15-10-13(17-16(21)18-15)11-19-8-4-7-14(19)9-12-5-2-1-3-6-12/h1-3,5-6,10,14H,4,7-9,11H2,(H2,17,18,20,21)/t14-/m0/s1. The van der Waals surface area contributed by atoms with E-state index in [1.807, 2.05) is 6.07 Å². The Morgan fingerprint density at radius 3 is 2.71 bits per heavy atom. The molecule has 1 aliphatic rings. The Kier molecular flexibility index (Phi) is 4.01. The maximum Gasteiger partial charge on any atom is 0.325 e. The molecule has 2 aromatic rings. The number of hydrogen-bond donors (Lipinski definition) is 2. The summed E-state index contributed by atoms with van der Waals surface area (Å²) >= 11 is 0. The van der Waals surface area contributed by atoms with Gasteiger partial charge in [0, 0.05) is 24.3 Å². The largest absolute Gasteiger partial charge is 0.325 e. The highest BCUT2D eigenvalue weighted by Crippen LogP contribution is 2.22. The highest BCUT2D eigenvalue weighted by molar-refractivity contribution is 5.16. The Balaban J connectivity index is 1.72. The van der Waals surface area contributed by atoms with E-state index in [4.69, 9.17) is 0 Å². The number of aromatic amines is 2. The van der Waals surface area contributed by atoms with Gasteiger partial charge in [0.15, 0.2) is 0 Å². The Morgan fingerprint density at radius 2 is 1.95 bits per heavy atom. The predicted molar refractivity (Wildman–Crippen MR) is 81.3 cm³/mol. The normalized spacial score (nSPS) is 19.0. The van der Waals surface area contributed by atoms with Crippen LogP contribution in [0, 0.1) is 0 Å². The Hall–Kier alpha value is -2.14. The summed E-state index contributed by atoms with van der Waals surface area (Å²) in [5.41, 5.74) is 1.24. The molecule has 1 saturated heterocycles. The van der Waals surface area contributed by atoms with E-state index < -0.39 is 5.69 Å². The molecule has 1 fully saturated rings. The van der Waals surface area contributed by atoms with Crippen molar-refractivity contribution in [3.63, 3.8) is 0 Å². The molecule has 1 atom stereocenters. The van der Waals surface area contributed by atoms with Gasteiger partial charge in [-0.1, -0.05) is 30.3 Å². The van der Waals surface area contributed by atoms with E-state index in [1.54, 1.807) is 0 Å². The lowest BCUT2D eigenvalue weighted by Crippen LogP contribution is -2.33. The van der Waals surface area contributed by atoms with Crippen molar-refractivity contribution in [2.24, 2.45) is 0 Å². The first kappa shape index (κ1) is 13.8. The third kappa shape index (κ3) is 3.49. The number of nitrogens with zero attached hydrogens (tertiary/aromatic N) is 1. The van der Waals surface area contributed by atoms with E-state index in [9.17, 15) is 9.59 Å². The molecule has 0 spiro atoms. The molecule has 0 amide bonds. The summed E-state index contributed by atoms with van der Waals surface area (Å²) in [4.78, 5) is 29.9. The molecular formula is C16H19N3O2. The topological polar surface area (TPSA) is 69.0 Å². The van der Waals surface area contributed by atoms with E-state index in [-0.39, 0.29) is 5.56 Å². The van der Waals surface area contributed by atoms with Crippen LogP contribution in [0.15, 0.2) is 46.0 Å². The molecule has 0 bridgehead atoms. The van der Waals surface area contributed by atoms with Crippen LogP contribution in [-0.2, 0) is 13.0 Å². The third-order valence-corrected chi connectivity index (χ3v) is 4.00. The number of H-pyrrole nitrogens is 2. The fourth-order valence-corrected chi connectivity index (χ4v) is 3.04. The summed E-state index contributed by atoms with van der Waals surface area (Å²) in [6.07, 6.45) is 3.32. The summed E-state index contributed by atoms with van der Waals surface area (Å²) in [7, 11) is 0. The molecule has 1 aliphatic heterocycles. The van der Waals surface area contributed by atoms with Crippen molar-refractivity contribution < 1.29 is 0 Å². The van der Waals surface area contributed by atoms with E-state index in [1.165, 1.54) is 11.6 Å². The Bertz CT molecular complexity index is 677. The van der Waals surface area contributed by atoms with Crippen molar-refractivity contribution in [2.45, 2.75) is 31.8 Å². The van der Waals surface area contributed by atoms with Crippen molar-refractivity contribution in [3.8, 4) is 0 Å². The molecule has 0 radical (unpaired) electrons. The molecule has 2 N–H and O–H groups in total. The molecule has 0 aliphatic carbocycles. The van der Waals surface area contributed by atoms with E-state index >= 15 is 0 Å². The molecule has 110 valence electrons. The first-order chi connectivity index (χ1) is 10.2. The molecule has 3 rings (SSSR count). The Morgan fingerprint density at radius 1 is 1.14 bits per heavy atom. The smallest absolute Gasteiger partial charge is 0.310 e. The van der Waals surface area contributed by atoms with Crippen molar-refractivity contribution >= 4 is 0 Å².